The minimum Gasteiger partial charge on any atom is -0.444 e. The largest absolute Gasteiger partial charge is 0.444 e. The lowest BCUT2D eigenvalue weighted by Crippen LogP contribution is -2.48. The summed E-state index contributed by atoms with van der Waals surface area (Å²) in [5, 5.41) is 12.8. The number of aliphatic imine (C=N–C) groups is 1. The third-order valence-electron chi connectivity index (χ3n) is 4.30. The van der Waals surface area contributed by atoms with E-state index in [4.69, 9.17) is 10.5 Å². The number of rotatable bonds is 4. The molecule has 2 rings (SSSR count). The van der Waals surface area contributed by atoms with Crippen LogP contribution < -0.4 is 16.5 Å². The normalized spacial score (nSPS) is 17.1. The Bertz CT molecular complexity index is 721. The van der Waals surface area contributed by atoms with Gasteiger partial charge in [-0.15, -0.1) is 0 Å². The van der Waals surface area contributed by atoms with Crippen LogP contribution in [-0.2, 0) is 10.3 Å². The maximum atomic E-state index is 12.4. The fraction of sp³-hybridized carbons (Fsp3) is 0.556. The van der Waals surface area contributed by atoms with Gasteiger partial charge in [0, 0.05) is 0 Å². The van der Waals surface area contributed by atoms with Gasteiger partial charge in [-0.2, -0.15) is 0 Å². The molecule has 27 heavy (non-hydrogen) atoms. The summed E-state index contributed by atoms with van der Waals surface area (Å²) in [5.41, 5.74) is 7.54. The molecule has 0 heterocycles. The van der Waals surface area contributed by atoms with Gasteiger partial charge in [-0.25, -0.2) is 19.9 Å². The molecule has 0 radical (unpaired) electrons. The highest BCUT2D eigenvalue weighted by Gasteiger charge is 2.37. The number of hydrogen-bond donors (Lipinski definition) is 3. The van der Waals surface area contributed by atoms with E-state index >= 15 is 0 Å². The lowest BCUT2D eigenvalue weighted by Gasteiger charge is -2.39. The van der Waals surface area contributed by atoms with Crippen molar-refractivity contribution < 1.29 is 14.6 Å². The SMILES string of the molecule is CC(C)(C)OC(=O)NC1(c2cccc(N=C(N)N[N+](=O)[O-])c2)CCCCC1. The van der Waals surface area contributed by atoms with Crippen LogP contribution in [0, 0.1) is 10.1 Å². The highest BCUT2D eigenvalue weighted by molar-refractivity contribution is 5.79. The van der Waals surface area contributed by atoms with E-state index < -0.39 is 22.3 Å². The zero-order chi connectivity index (χ0) is 20.1. The molecule has 1 aromatic rings. The lowest BCUT2D eigenvalue weighted by atomic mass is 9.76. The summed E-state index contributed by atoms with van der Waals surface area (Å²) in [6.07, 6.45) is 4.16. The molecule has 4 N–H and O–H groups in total. The molecule has 1 fully saturated rings. The molecule has 1 aliphatic carbocycles. The van der Waals surface area contributed by atoms with Crippen LogP contribution >= 0.6 is 0 Å². The van der Waals surface area contributed by atoms with E-state index in [1.165, 1.54) is 0 Å². The van der Waals surface area contributed by atoms with E-state index in [-0.39, 0.29) is 5.96 Å². The van der Waals surface area contributed by atoms with Gasteiger partial charge < -0.3 is 15.8 Å². The molecule has 0 aromatic heterocycles. The van der Waals surface area contributed by atoms with Gasteiger partial charge in [0.15, 0.2) is 5.03 Å². The molecule has 0 unspecified atom stereocenters. The second-order valence-corrected chi connectivity index (χ2v) is 7.69. The van der Waals surface area contributed by atoms with Gasteiger partial charge in [0.25, 0.3) is 5.96 Å². The Morgan fingerprint density at radius 3 is 2.56 bits per heavy atom. The molecule has 0 aliphatic heterocycles. The smallest absolute Gasteiger partial charge is 0.408 e. The summed E-state index contributed by atoms with van der Waals surface area (Å²) < 4.78 is 5.44. The average molecular weight is 377 g/mol. The molecule has 9 nitrogen and oxygen atoms in total. The predicted molar refractivity (Wildman–Crippen MR) is 102 cm³/mol. The Kier molecular flexibility index (Phi) is 6.24. The van der Waals surface area contributed by atoms with Crippen LogP contribution in [0.2, 0.25) is 0 Å². The first-order chi connectivity index (χ1) is 12.6. The Morgan fingerprint density at radius 1 is 1.30 bits per heavy atom. The number of nitrogens with one attached hydrogen (secondary N) is 2. The molecule has 0 spiro atoms. The van der Waals surface area contributed by atoms with Gasteiger partial charge in [-0.05, 0) is 51.3 Å². The minimum atomic E-state index is -0.768. The first kappa shape index (κ1) is 20.5. The number of amides is 1. The predicted octanol–water partition coefficient (Wildman–Crippen LogP) is 3.10. The van der Waals surface area contributed by atoms with E-state index in [9.17, 15) is 14.9 Å². The zero-order valence-electron chi connectivity index (χ0n) is 15.9. The van der Waals surface area contributed by atoms with Crippen molar-refractivity contribution in [3.63, 3.8) is 0 Å². The number of ether oxygens (including phenoxy) is 1. The molecular weight excluding hydrogens is 350 g/mol. The molecule has 9 heteroatoms. The molecule has 1 aliphatic rings. The average Bonchev–Trinajstić information content (AvgIpc) is 2.53. The Labute approximate surface area is 158 Å². The first-order valence-electron chi connectivity index (χ1n) is 8.97. The van der Waals surface area contributed by atoms with Crippen molar-refractivity contribution in [2.45, 2.75) is 64.0 Å². The fourth-order valence-electron chi connectivity index (χ4n) is 3.27. The minimum absolute atomic E-state index is 0.310. The third-order valence-corrected chi connectivity index (χ3v) is 4.30. The number of benzene rings is 1. The molecular formula is C18H27N5O4. The van der Waals surface area contributed by atoms with Crippen LogP contribution in [0.15, 0.2) is 29.3 Å². The van der Waals surface area contributed by atoms with Gasteiger partial charge in [0.1, 0.15) is 5.60 Å². The third kappa shape index (κ3) is 6.12. The van der Waals surface area contributed by atoms with E-state index in [1.807, 2.05) is 32.3 Å². The summed E-state index contributed by atoms with van der Waals surface area (Å²) in [5.74, 6) is -0.310. The van der Waals surface area contributed by atoms with Crippen molar-refractivity contribution in [2.24, 2.45) is 10.7 Å². The molecule has 0 bridgehead atoms. The van der Waals surface area contributed by atoms with Crippen molar-refractivity contribution in [1.82, 2.24) is 10.7 Å². The standard InChI is InChI=1S/C18H27N5O4/c1-17(2,3)27-16(24)21-18(10-5-4-6-11-18)13-8-7-9-14(12-13)20-15(19)22-23(25)26/h7-9,12H,4-6,10-11H2,1-3H3,(H,21,24)(H3,19,20,22). The maximum Gasteiger partial charge on any atom is 0.408 e. The number of alkyl carbamates (subject to hydrolysis) is 1. The molecule has 1 saturated carbocycles. The van der Waals surface area contributed by atoms with Crippen LogP contribution in [0.1, 0.15) is 58.4 Å². The number of carbonyl (C=O) groups is 1. The van der Waals surface area contributed by atoms with Gasteiger partial charge in [0.2, 0.25) is 0 Å². The van der Waals surface area contributed by atoms with Crippen molar-refractivity contribution in [3.8, 4) is 0 Å². The Balaban J connectivity index is 2.30. The second kappa shape index (κ2) is 8.24. The number of nitrogens with two attached hydrogens (primary N) is 1. The highest BCUT2D eigenvalue weighted by Crippen LogP contribution is 2.38. The summed E-state index contributed by atoms with van der Waals surface area (Å²) in [6.45, 7) is 5.46. The highest BCUT2D eigenvalue weighted by atomic mass is 16.7. The van der Waals surface area contributed by atoms with Crippen molar-refractivity contribution in [2.75, 3.05) is 0 Å². The Morgan fingerprint density at radius 2 is 1.96 bits per heavy atom. The topological polar surface area (TPSA) is 132 Å². The number of guanidine groups is 1. The van der Waals surface area contributed by atoms with E-state index in [0.717, 1.165) is 37.7 Å². The molecule has 1 aromatic carbocycles. The lowest BCUT2D eigenvalue weighted by molar-refractivity contribution is -0.525. The van der Waals surface area contributed by atoms with Crippen molar-refractivity contribution in [1.29, 1.82) is 0 Å². The van der Waals surface area contributed by atoms with Crippen molar-refractivity contribution in [3.05, 3.63) is 39.9 Å². The summed E-state index contributed by atoms with van der Waals surface area (Å²) in [6, 6.07) is 7.19. The van der Waals surface area contributed by atoms with E-state index in [1.54, 1.807) is 18.2 Å². The maximum absolute atomic E-state index is 12.4. The first-order valence-corrected chi connectivity index (χ1v) is 8.97. The number of hydrogen-bond acceptors (Lipinski definition) is 5. The van der Waals surface area contributed by atoms with Crippen LogP contribution in [0.4, 0.5) is 10.5 Å². The summed E-state index contributed by atoms with van der Waals surface area (Å²) >= 11 is 0. The molecule has 148 valence electrons. The van der Waals surface area contributed by atoms with Gasteiger partial charge in [0.05, 0.1) is 11.2 Å². The zero-order valence-corrected chi connectivity index (χ0v) is 15.9. The van der Waals surface area contributed by atoms with Gasteiger partial charge in [-0.3, -0.25) is 0 Å². The summed E-state index contributed by atoms with van der Waals surface area (Å²) in [7, 11) is 0. The monoisotopic (exact) mass is 377 g/mol. The molecule has 1 amide bonds. The van der Waals surface area contributed by atoms with Crippen LogP contribution in [0.5, 0.6) is 0 Å². The number of nitro groups is 1. The number of hydrazine groups is 1. The Hall–Kier alpha value is -2.84. The molecule has 0 atom stereocenters. The van der Waals surface area contributed by atoms with Crippen LogP contribution in [-0.4, -0.2) is 22.7 Å². The number of nitrogens with zero attached hydrogens (tertiary/aromatic N) is 2. The van der Waals surface area contributed by atoms with Gasteiger partial charge >= 0.3 is 6.09 Å². The summed E-state index contributed by atoms with van der Waals surface area (Å²) in [4.78, 5) is 26.9. The molecule has 0 saturated heterocycles. The van der Waals surface area contributed by atoms with Crippen LogP contribution in [0.3, 0.4) is 0 Å². The quantitative estimate of drug-likeness (QED) is 0.320. The van der Waals surface area contributed by atoms with E-state index in [2.05, 4.69) is 10.3 Å². The van der Waals surface area contributed by atoms with E-state index in [0.29, 0.717) is 5.69 Å². The van der Waals surface area contributed by atoms with Crippen LogP contribution in [0.25, 0.3) is 0 Å². The fourth-order valence-corrected chi connectivity index (χ4v) is 3.27. The number of carbonyl (C=O) groups excluding carboxylic acids is 1. The van der Waals surface area contributed by atoms with Gasteiger partial charge in [-0.1, -0.05) is 36.8 Å². The van der Waals surface area contributed by atoms with Crippen molar-refractivity contribution >= 4 is 17.7 Å². The second-order valence-electron chi connectivity index (χ2n) is 7.69.